The molecule has 1 amide bonds. The normalized spacial score (nSPS) is 11.6. The van der Waals surface area contributed by atoms with Gasteiger partial charge in [0.15, 0.2) is 11.3 Å². The predicted octanol–water partition coefficient (Wildman–Crippen LogP) is 3.29. The quantitative estimate of drug-likeness (QED) is 0.349. The highest BCUT2D eigenvalue weighted by Crippen LogP contribution is 2.25. The average Bonchev–Trinajstić information content (AvgIpc) is 3.27. The molecule has 0 aliphatic carbocycles. The number of carbonyl (C=O) groups is 1. The van der Waals surface area contributed by atoms with E-state index in [2.05, 4.69) is 10.3 Å². The van der Waals surface area contributed by atoms with E-state index in [-0.39, 0.29) is 41.2 Å². The van der Waals surface area contributed by atoms with Crippen molar-refractivity contribution in [2.24, 2.45) is 0 Å². The summed E-state index contributed by atoms with van der Waals surface area (Å²) in [6.07, 6.45) is 3.16. The number of hydrogen-bond acceptors (Lipinski definition) is 8. The summed E-state index contributed by atoms with van der Waals surface area (Å²) in [5.41, 5.74) is 1.26. The van der Waals surface area contributed by atoms with Crippen LogP contribution in [-0.4, -0.2) is 49.8 Å². The molecular weight excluding hydrogens is 458 g/mol. The summed E-state index contributed by atoms with van der Waals surface area (Å²) in [7, 11) is -2.26. The molecule has 34 heavy (non-hydrogen) atoms. The Labute approximate surface area is 196 Å². The fourth-order valence-electron chi connectivity index (χ4n) is 3.22. The lowest BCUT2D eigenvalue weighted by Gasteiger charge is -2.11. The van der Waals surface area contributed by atoms with Gasteiger partial charge < -0.3 is 19.7 Å². The number of furan rings is 1. The van der Waals surface area contributed by atoms with E-state index in [0.29, 0.717) is 11.3 Å². The van der Waals surface area contributed by atoms with E-state index < -0.39 is 9.84 Å². The van der Waals surface area contributed by atoms with Crippen LogP contribution < -0.4 is 10.1 Å². The fraction of sp³-hybridized carbons (Fsp3) is 0.167. The first-order valence-corrected chi connectivity index (χ1v) is 11.9. The summed E-state index contributed by atoms with van der Waals surface area (Å²) in [6.45, 7) is 0.696. The molecule has 0 radical (unpaired) electrons. The van der Waals surface area contributed by atoms with Crippen LogP contribution in [0.25, 0.3) is 11.0 Å². The summed E-state index contributed by atoms with van der Waals surface area (Å²) in [6, 6.07) is 15.9. The molecule has 0 unspecified atom stereocenters. The molecule has 0 spiro atoms. The molecule has 0 atom stereocenters. The molecule has 0 aliphatic rings. The molecule has 0 aliphatic heterocycles. The van der Waals surface area contributed by atoms with Crippen molar-refractivity contribution in [1.82, 2.24) is 15.4 Å². The van der Waals surface area contributed by atoms with Crippen molar-refractivity contribution in [2.75, 3.05) is 20.2 Å². The Morgan fingerprint density at radius 1 is 1.12 bits per heavy atom. The second-order valence-corrected chi connectivity index (χ2v) is 9.51. The zero-order valence-corrected chi connectivity index (χ0v) is 19.2. The van der Waals surface area contributed by atoms with Crippen molar-refractivity contribution in [3.8, 4) is 5.75 Å². The van der Waals surface area contributed by atoms with E-state index in [1.165, 1.54) is 31.3 Å². The third kappa shape index (κ3) is 5.42. The first kappa shape index (κ1) is 23.4. The van der Waals surface area contributed by atoms with Crippen molar-refractivity contribution >= 4 is 26.7 Å². The van der Waals surface area contributed by atoms with Gasteiger partial charge in [0.25, 0.3) is 5.91 Å². The summed E-state index contributed by atoms with van der Waals surface area (Å²) < 4.78 is 37.0. The Morgan fingerprint density at radius 3 is 2.65 bits per heavy atom. The lowest BCUT2D eigenvalue weighted by Crippen LogP contribution is -2.22. The summed E-state index contributed by atoms with van der Waals surface area (Å²) in [4.78, 5) is 16.6. The fourth-order valence-corrected chi connectivity index (χ4v) is 4.51. The lowest BCUT2D eigenvalue weighted by molar-refractivity contribution is -0.0713. The Hall–Kier alpha value is -3.73. The van der Waals surface area contributed by atoms with E-state index in [1.54, 1.807) is 48.8 Å². The van der Waals surface area contributed by atoms with Crippen molar-refractivity contribution < 1.29 is 27.6 Å². The van der Waals surface area contributed by atoms with Gasteiger partial charge in [-0.05, 0) is 48.0 Å². The van der Waals surface area contributed by atoms with Crippen LogP contribution in [0.3, 0.4) is 0 Å². The number of likely N-dealkylation sites (N-methyl/N-ethyl adjacent to an activating group) is 1. The van der Waals surface area contributed by atoms with Gasteiger partial charge in [-0.25, -0.2) is 8.42 Å². The van der Waals surface area contributed by atoms with Crippen molar-refractivity contribution in [3.05, 3.63) is 84.4 Å². The average molecular weight is 482 g/mol. The van der Waals surface area contributed by atoms with Gasteiger partial charge in [0.05, 0.1) is 22.5 Å². The number of carbonyl (C=O) groups excluding carboxylic acids is 1. The number of nitrogens with one attached hydrogen (secondary N) is 1. The highest BCUT2D eigenvalue weighted by molar-refractivity contribution is 7.91. The van der Waals surface area contributed by atoms with Gasteiger partial charge in [0.2, 0.25) is 9.84 Å². The minimum Gasteiger partial charge on any atom is -0.492 e. The minimum atomic E-state index is -3.76. The van der Waals surface area contributed by atoms with Crippen LogP contribution in [0, 0.1) is 0 Å². The van der Waals surface area contributed by atoms with E-state index >= 15 is 0 Å². The molecule has 9 nitrogen and oxygen atoms in total. The molecule has 4 aromatic rings. The largest absolute Gasteiger partial charge is 0.492 e. The van der Waals surface area contributed by atoms with E-state index in [1.807, 2.05) is 0 Å². The van der Waals surface area contributed by atoms with E-state index in [4.69, 9.17) is 14.4 Å². The molecule has 2 heterocycles. The summed E-state index contributed by atoms with van der Waals surface area (Å²) >= 11 is 0. The Morgan fingerprint density at radius 2 is 1.91 bits per heavy atom. The van der Waals surface area contributed by atoms with Gasteiger partial charge in [-0.15, -0.1) is 0 Å². The van der Waals surface area contributed by atoms with Gasteiger partial charge >= 0.3 is 0 Å². The van der Waals surface area contributed by atoms with Gasteiger partial charge in [0.1, 0.15) is 12.4 Å². The maximum atomic E-state index is 13.0. The van der Waals surface area contributed by atoms with Crippen LogP contribution in [0.5, 0.6) is 5.75 Å². The lowest BCUT2D eigenvalue weighted by atomic mass is 10.2. The molecule has 2 N–H and O–H groups in total. The van der Waals surface area contributed by atoms with Crippen LogP contribution in [0.15, 0.2) is 87.3 Å². The van der Waals surface area contributed by atoms with Crippen LogP contribution >= 0.6 is 0 Å². The first-order chi connectivity index (χ1) is 16.3. The van der Waals surface area contributed by atoms with Crippen LogP contribution in [0.4, 0.5) is 0 Å². The van der Waals surface area contributed by atoms with Gasteiger partial charge in [-0.1, -0.05) is 18.2 Å². The van der Waals surface area contributed by atoms with Crippen molar-refractivity contribution in [3.63, 3.8) is 0 Å². The molecule has 0 saturated carbocycles. The second-order valence-electron chi connectivity index (χ2n) is 7.56. The number of ether oxygens (including phenoxy) is 1. The van der Waals surface area contributed by atoms with Gasteiger partial charge in [-0.3, -0.25) is 9.78 Å². The monoisotopic (exact) mass is 481 g/mol. The number of fused-ring (bicyclic) bond motifs is 1. The highest BCUT2D eigenvalue weighted by atomic mass is 32.2. The summed E-state index contributed by atoms with van der Waals surface area (Å²) in [5.74, 6) is 0.190. The second kappa shape index (κ2) is 10.0. The zero-order chi connectivity index (χ0) is 24.1. The van der Waals surface area contributed by atoms with Crippen LogP contribution in [0.2, 0.25) is 0 Å². The number of hydroxylamine groups is 2. The summed E-state index contributed by atoms with van der Waals surface area (Å²) in [5, 5.41) is 13.7. The number of nitrogens with zero attached hydrogens (tertiary/aromatic N) is 2. The number of pyridine rings is 1. The van der Waals surface area contributed by atoms with Crippen LogP contribution in [0.1, 0.15) is 16.1 Å². The Balaban J connectivity index is 1.41. The molecule has 10 heteroatoms. The molecule has 0 saturated heterocycles. The van der Waals surface area contributed by atoms with Crippen LogP contribution in [-0.2, 0) is 16.4 Å². The Bertz CT molecular complexity index is 1360. The molecule has 4 rings (SSSR count). The minimum absolute atomic E-state index is 0.0998. The maximum absolute atomic E-state index is 13.0. The zero-order valence-electron chi connectivity index (χ0n) is 18.3. The van der Waals surface area contributed by atoms with E-state index in [9.17, 15) is 13.2 Å². The SMILES string of the molecule is CN(O)CCOc1cccc(S(=O)(=O)c2ccc(CNC(=O)c3cc4ccncc4o3)cc2)c1. The van der Waals surface area contributed by atoms with Gasteiger partial charge in [-0.2, -0.15) is 5.06 Å². The number of aromatic nitrogens is 1. The Kier molecular flexibility index (Phi) is 6.92. The smallest absolute Gasteiger partial charge is 0.287 e. The first-order valence-electron chi connectivity index (χ1n) is 10.4. The predicted molar refractivity (Wildman–Crippen MR) is 123 cm³/mol. The third-order valence-electron chi connectivity index (χ3n) is 5.03. The number of benzene rings is 2. The molecular formula is C24H23N3O6S. The third-order valence-corrected chi connectivity index (χ3v) is 6.80. The number of sulfone groups is 1. The topological polar surface area (TPSA) is 122 Å². The van der Waals surface area contributed by atoms with Crippen molar-refractivity contribution in [2.45, 2.75) is 16.3 Å². The number of rotatable bonds is 9. The van der Waals surface area contributed by atoms with E-state index in [0.717, 1.165) is 16.0 Å². The standard InChI is InChI=1S/C24H23N3O6S/c1-27(29)11-12-32-19-3-2-4-21(14-19)34(30,31)20-7-5-17(6-8-20)15-26-24(28)22-13-18-9-10-25-16-23(18)33-22/h2-10,13-14,16,29H,11-12,15H2,1H3,(H,26,28). The molecule has 0 fully saturated rings. The molecule has 0 bridgehead atoms. The molecule has 2 aromatic carbocycles. The molecule has 2 aromatic heterocycles. The number of amides is 1. The maximum Gasteiger partial charge on any atom is 0.287 e. The van der Waals surface area contributed by atoms with Crippen molar-refractivity contribution in [1.29, 1.82) is 0 Å². The highest BCUT2D eigenvalue weighted by Gasteiger charge is 2.18. The van der Waals surface area contributed by atoms with Gasteiger partial charge in [0, 0.05) is 25.2 Å². The number of hydrogen-bond donors (Lipinski definition) is 2. The molecule has 176 valence electrons.